The fourth-order valence-corrected chi connectivity index (χ4v) is 1.55. The van der Waals surface area contributed by atoms with E-state index in [0.717, 1.165) is 30.6 Å². The third-order valence-corrected chi connectivity index (χ3v) is 2.72. The molecule has 94 valence electrons. The van der Waals surface area contributed by atoms with Crippen molar-refractivity contribution in [2.75, 3.05) is 6.61 Å². The number of ether oxygens (including phenoxy) is 1. The SMILES string of the molecule is C=C(C)CCOc1cccc(CC(N)CC)c1. The standard InChI is InChI=1S/C15H23NO/c1-4-14(16)10-13-6-5-7-15(11-13)17-9-8-12(2)3/h5-7,11,14H,2,4,8-10,16H2,1,3H3. The van der Waals surface area contributed by atoms with Crippen LogP contribution in [-0.4, -0.2) is 12.6 Å². The predicted octanol–water partition coefficient (Wildman–Crippen LogP) is 3.31. The minimum atomic E-state index is 0.237. The molecule has 0 saturated carbocycles. The Morgan fingerprint density at radius 3 is 2.88 bits per heavy atom. The molecule has 2 N–H and O–H groups in total. The summed E-state index contributed by atoms with van der Waals surface area (Å²) in [6.45, 7) is 8.67. The van der Waals surface area contributed by atoms with Crippen LogP contribution in [0.3, 0.4) is 0 Å². The van der Waals surface area contributed by atoms with E-state index in [2.05, 4.69) is 25.6 Å². The molecule has 0 saturated heterocycles. The van der Waals surface area contributed by atoms with E-state index in [0.29, 0.717) is 6.61 Å². The summed E-state index contributed by atoms with van der Waals surface area (Å²) in [7, 11) is 0. The highest BCUT2D eigenvalue weighted by Gasteiger charge is 2.02. The number of nitrogens with two attached hydrogens (primary N) is 1. The molecule has 0 aromatic heterocycles. The van der Waals surface area contributed by atoms with Crippen LogP contribution in [0.2, 0.25) is 0 Å². The van der Waals surface area contributed by atoms with Gasteiger partial charge in [-0.15, -0.1) is 6.58 Å². The molecule has 0 aliphatic carbocycles. The van der Waals surface area contributed by atoms with E-state index in [1.54, 1.807) is 0 Å². The highest BCUT2D eigenvalue weighted by Crippen LogP contribution is 2.15. The first-order valence-electron chi connectivity index (χ1n) is 6.23. The quantitative estimate of drug-likeness (QED) is 0.733. The van der Waals surface area contributed by atoms with Gasteiger partial charge in [-0.3, -0.25) is 0 Å². The molecule has 1 atom stereocenters. The topological polar surface area (TPSA) is 35.2 Å². The van der Waals surface area contributed by atoms with Crippen molar-refractivity contribution in [3.8, 4) is 5.75 Å². The van der Waals surface area contributed by atoms with E-state index in [9.17, 15) is 0 Å². The van der Waals surface area contributed by atoms with Gasteiger partial charge in [0.1, 0.15) is 5.75 Å². The van der Waals surface area contributed by atoms with Crippen molar-refractivity contribution < 1.29 is 4.74 Å². The summed E-state index contributed by atoms with van der Waals surface area (Å²) in [5.41, 5.74) is 8.33. The molecule has 0 bridgehead atoms. The summed E-state index contributed by atoms with van der Waals surface area (Å²) in [4.78, 5) is 0. The fraction of sp³-hybridized carbons (Fsp3) is 0.467. The Balaban J connectivity index is 2.50. The van der Waals surface area contributed by atoms with Crippen LogP contribution in [-0.2, 0) is 6.42 Å². The van der Waals surface area contributed by atoms with Crippen LogP contribution < -0.4 is 10.5 Å². The summed E-state index contributed by atoms with van der Waals surface area (Å²) in [5.74, 6) is 0.923. The van der Waals surface area contributed by atoms with Crippen molar-refractivity contribution in [2.45, 2.75) is 39.2 Å². The second kappa shape index (κ2) is 7.13. The minimum Gasteiger partial charge on any atom is -0.493 e. The van der Waals surface area contributed by atoms with Crippen molar-refractivity contribution in [3.63, 3.8) is 0 Å². The van der Waals surface area contributed by atoms with Gasteiger partial charge in [-0.25, -0.2) is 0 Å². The Labute approximate surface area is 104 Å². The summed E-state index contributed by atoms with van der Waals surface area (Å²) >= 11 is 0. The van der Waals surface area contributed by atoms with Crippen molar-refractivity contribution in [3.05, 3.63) is 42.0 Å². The number of hydrogen-bond donors (Lipinski definition) is 1. The maximum absolute atomic E-state index is 5.94. The molecule has 0 aliphatic rings. The van der Waals surface area contributed by atoms with Gasteiger partial charge < -0.3 is 10.5 Å². The molecule has 0 spiro atoms. The van der Waals surface area contributed by atoms with Gasteiger partial charge in [-0.2, -0.15) is 0 Å². The molecule has 0 aliphatic heterocycles. The molecule has 2 nitrogen and oxygen atoms in total. The molecule has 0 radical (unpaired) electrons. The van der Waals surface area contributed by atoms with E-state index in [4.69, 9.17) is 10.5 Å². The Morgan fingerprint density at radius 2 is 2.24 bits per heavy atom. The molecule has 2 heteroatoms. The van der Waals surface area contributed by atoms with Crippen LogP contribution in [0.5, 0.6) is 5.75 Å². The summed E-state index contributed by atoms with van der Waals surface area (Å²) in [5, 5.41) is 0. The molecular weight excluding hydrogens is 210 g/mol. The first kappa shape index (κ1) is 13.8. The zero-order valence-electron chi connectivity index (χ0n) is 10.9. The maximum Gasteiger partial charge on any atom is 0.119 e. The van der Waals surface area contributed by atoms with Gasteiger partial charge in [0.05, 0.1) is 6.61 Å². The number of hydrogen-bond acceptors (Lipinski definition) is 2. The van der Waals surface area contributed by atoms with E-state index in [-0.39, 0.29) is 6.04 Å². The van der Waals surface area contributed by atoms with E-state index >= 15 is 0 Å². The van der Waals surface area contributed by atoms with Crippen LogP contribution in [0.25, 0.3) is 0 Å². The van der Waals surface area contributed by atoms with Gasteiger partial charge in [0, 0.05) is 12.5 Å². The molecule has 0 amide bonds. The third-order valence-electron chi connectivity index (χ3n) is 2.72. The number of benzene rings is 1. The molecule has 1 aromatic carbocycles. The van der Waals surface area contributed by atoms with Crippen LogP contribution in [0.1, 0.15) is 32.3 Å². The van der Waals surface area contributed by atoms with Crippen molar-refractivity contribution in [1.29, 1.82) is 0 Å². The lowest BCUT2D eigenvalue weighted by molar-refractivity contribution is 0.321. The summed E-state index contributed by atoms with van der Waals surface area (Å²) in [6.07, 6.45) is 2.81. The summed E-state index contributed by atoms with van der Waals surface area (Å²) in [6, 6.07) is 8.42. The van der Waals surface area contributed by atoms with E-state index in [1.165, 1.54) is 5.56 Å². The lowest BCUT2D eigenvalue weighted by Gasteiger charge is -2.11. The highest BCUT2D eigenvalue weighted by atomic mass is 16.5. The van der Waals surface area contributed by atoms with Crippen LogP contribution >= 0.6 is 0 Å². The van der Waals surface area contributed by atoms with Gasteiger partial charge in [0.25, 0.3) is 0 Å². The Morgan fingerprint density at radius 1 is 1.47 bits per heavy atom. The predicted molar refractivity (Wildman–Crippen MR) is 73.3 cm³/mol. The molecule has 1 aromatic rings. The lowest BCUT2D eigenvalue weighted by Crippen LogP contribution is -2.21. The van der Waals surface area contributed by atoms with Gasteiger partial charge in [-0.05, 0) is 37.5 Å². The Hall–Kier alpha value is -1.28. The largest absolute Gasteiger partial charge is 0.493 e. The van der Waals surface area contributed by atoms with Crippen molar-refractivity contribution in [2.24, 2.45) is 5.73 Å². The second-order valence-electron chi connectivity index (χ2n) is 4.58. The third kappa shape index (κ3) is 5.55. The van der Waals surface area contributed by atoms with Gasteiger partial charge in [-0.1, -0.05) is 24.6 Å². The fourth-order valence-electron chi connectivity index (χ4n) is 1.55. The molecule has 17 heavy (non-hydrogen) atoms. The Kier molecular flexibility index (Phi) is 5.78. The highest BCUT2D eigenvalue weighted by molar-refractivity contribution is 5.29. The van der Waals surface area contributed by atoms with Gasteiger partial charge in [0.15, 0.2) is 0 Å². The van der Waals surface area contributed by atoms with Crippen LogP contribution in [0, 0.1) is 0 Å². The minimum absolute atomic E-state index is 0.237. The van der Waals surface area contributed by atoms with Gasteiger partial charge in [0.2, 0.25) is 0 Å². The first-order chi connectivity index (χ1) is 8.11. The molecule has 0 fully saturated rings. The molecular formula is C15H23NO. The van der Waals surface area contributed by atoms with Gasteiger partial charge >= 0.3 is 0 Å². The zero-order valence-corrected chi connectivity index (χ0v) is 10.9. The first-order valence-corrected chi connectivity index (χ1v) is 6.23. The Bertz CT molecular complexity index is 360. The molecule has 1 rings (SSSR count). The second-order valence-corrected chi connectivity index (χ2v) is 4.58. The zero-order chi connectivity index (χ0) is 12.7. The smallest absolute Gasteiger partial charge is 0.119 e. The summed E-state index contributed by atoms with van der Waals surface area (Å²) < 4.78 is 5.67. The molecule has 0 heterocycles. The average molecular weight is 233 g/mol. The normalized spacial score (nSPS) is 12.2. The van der Waals surface area contributed by atoms with E-state index < -0.39 is 0 Å². The van der Waals surface area contributed by atoms with Crippen LogP contribution in [0.15, 0.2) is 36.4 Å². The van der Waals surface area contributed by atoms with Crippen LogP contribution in [0.4, 0.5) is 0 Å². The monoisotopic (exact) mass is 233 g/mol. The number of rotatable bonds is 7. The van der Waals surface area contributed by atoms with Crippen molar-refractivity contribution in [1.82, 2.24) is 0 Å². The van der Waals surface area contributed by atoms with E-state index in [1.807, 2.05) is 19.1 Å². The van der Waals surface area contributed by atoms with Crippen molar-refractivity contribution >= 4 is 0 Å². The molecule has 1 unspecified atom stereocenters. The average Bonchev–Trinajstić information content (AvgIpc) is 2.29. The maximum atomic E-state index is 5.94. The lowest BCUT2D eigenvalue weighted by atomic mass is 10.0.